The largest absolute Gasteiger partial charge is 0.494 e. The smallest absolute Gasteiger partial charge is 0.132 e. The zero-order valence-corrected chi connectivity index (χ0v) is 13.8. The zero-order valence-electron chi connectivity index (χ0n) is 13.0. The van der Waals surface area contributed by atoms with E-state index in [1.54, 1.807) is 11.3 Å². The second kappa shape index (κ2) is 7.43. The molecule has 1 aromatic heterocycles. The molecule has 1 unspecified atom stereocenters. The number of ether oxygens (including phenoxy) is 2. The molecular formula is C16H22N2O2S. The van der Waals surface area contributed by atoms with Gasteiger partial charge in [-0.25, -0.2) is 4.98 Å². The van der Waals surface area contributed by atoms with Gasteiger partial charge in [-0.3, -0.25) is 0 Å². The van der Waals surface area contributed by atoms with Gasteiger partial charge in [-0.05, 0) is 40.0 Å². The number of rotatable bonds is 7. The molecule has 0 spiro atoms. The van der Waals surface area contributed by atoms with Crippen LogP contribution >= 0.6 is 11.3 Å². The monoisotopic (exact) mass is 306 g/mol. The summed E-state index contributed by atoms with van der Waals surface area (Å²) in [6.07, 6.45) is 0. The molecule has 0 aliphatic rings. The average Bonchev–Trinajstić information content (AvgIpc) is 2.97. The minimum absolute atomic E-state index is 0.252. The molecule has 0 saturated carbocycles. The Bertz CT molecular complexity index is 583. The maximum Gasteiger partial charge on any atom is 0.132 e. The standard InChI is InChI=1S/C16H22N2O2S/c1-5-19-12-7-8-13(15(9-12)20-6-2)14-10-21-16(18-14)11(3)17-4/h7-11,17H,5-6H2,1-4H3. The van der Waals surface area contributed by atoms with Gasteiger partial charge in [-0.15, -0.1) is 11.3 Å². The van der Waals surface area contributed by atoms with Crippen LogP contribution in [0.25, 0.3) is 11.3 Å². The van der Waals surface area contributed by atoms with Crippen molar-refractivity contribution in [1.82, 2.24) is 10.3 Å². The Morgan fingerprint density at radius 3 is 2.67 bits per heavy atom. The van der Waals surface area contributed by atoms with Crippen LogP contribution in [-0.4, -0.2) is 25.2 Å². The number of benzene rings is 1. The Morgan fingerprint density at radius 1 is 1.24 bits per heavy atom. The van der Waals surface area contributed by atoms with Gasteiger partial charge in [0.2, 0.25) is 0 Å². The van der Waals surface area contributed by atoms with Crippen molar-refractivity contribution in [1.29, 1.82) is 0 Å². The van der Waals surface area contributed by atoms with E-state index in [4.69, 9.17) is 14.5 Å². The fourth-order valence-corrected chi connectivity index (χ4v) is 2.86. The lowest BCUT2D eigenvalue weighted by Crippen LogP contribution is -2.11. The van der Waals surface area contributed by atoms with E-state index in [1.807, 2.05) is 39.1 Å². The SMILES string of the molecule is CCOc1ccc(-c2csc(C(C)NC)n2)c(OCC)c1. The van der Waals surface area contributed by atoms with Gasteiger partial charge in [0, 0.05) is 17.0 Å². The molecule has 1 aromatic carbocycles. The Labute approximate surface area is 130 Å². The fraction of sp³-hybridized carbons (Fsp3) is 0.438. The third-order valence-corrected chi connectivity index (χ3v) is 4.19. The van der Waals surface area contributed by atoms with Crippen molar-refractivity contribution in [2.24, 2.45) is 0 Å². The van der Waals surface area contributed by atoms with Crippen molar-refractivity contribution >= 4 is 11.3 Å². The van der Waals surface area contributed by atoms with E-state index < -0.39 is 0 Å². The maximum atomic E-state index is 5.74. The van der Waals surface area contributed by atoms with Crippen molar-refractivity contribution in [2.45, 2.75) is 26.8 Å². The summed E-state index contributed by atoms with van der Waals surface area (Å²) in [7, 11) is 1.94. The van der Waals surface area contributed by atoms with Crippen LogP contribution in [-0.2, 0) is 0 Å². The summed E-state index contributed by atoms with van der Waals surface area (Å²) < 4.78 is 11.3. The molecule has 0 aliphatic heterocycles. The Kier molecular flexibility index (Phi) is 5.59. The lowest BCUT2D eigenvalue weighted by atomic mass is 10.1. The second-order valence-electron chi connectivity index (χ2n) is 4.61. The van der Waals surface area contributed by atoms with Crippen LogP contribution in [0.15, 0.2) is 23.6 Å². The lowest BCUT2D eigenvalue weighted by molar-refractivity contribution is 0.324. The molecule has 114 valence electrons. The molecule has 1 atom stereocenters. The number of hydrogen-bond acceptors (Lipinski definition) is 5. The van der Waals surface area contributed by atoms with Crippen LogP contribution in [0.5, 0.6) is 11.5 Å². The molecule has 2 rings (SSSR count). The Morgan fingerprint density at radius 2 is 2.00 bits per heavy atom. The summed E-state index contributed by atoms with van der Waals surface area (Å²) in [5.41, 5.74) is 1.95. The summed E-state index contributed by atoms with van der Waals surface area (Å²) in [6, 6.07) is 6.16. The van der Waals surface area contributed by atoms with Gasteiger partial charge < -0.3 is 14.8 Å². The van der Waals surface area contributed by atoms with E-state index in [0.29, 0.717) is 13.2 Å². The van der Waals surface area contributed by atoms with Crippen molar-refractivity contribution in [3.8, 4) is 22.8 Å². The molecular weight excluding hydrogens is 284 g/mol. The number of nitrogens with zero attached hydrogens (tertiary/aromatic N) is 1. The van der Waals surface area contributed by atoms with E-state index in [2.05, 4.69) is 17.6 Å². The van der Waals surface area contributed by atoms with Crippen LogP contribution < -0.4 is 14.8 Å². The van der Waals surface area contributed by atoms with Gasteiger partial charge in [0.05, 0.1) is 24.9 Å². The highest BCUT2D eigenvalue weighted by Gasteiger charge is 2.14. The molecule has 21 heavy (non-hydrogen) atoms. The molecule has 1 N–H and O–H groups in total. The normalized spacial score (nSPS) is 12.2. The van der Waals surface area contributed by atoms with Gasteiger partial charge in [0.25, 0.3) is 0 Å². The number of aromatic nitrogens is 1. The molecule has 5 heteroatoms. The lowest BCUT2D eigenvalue weighted by Gasteiger charge is -2.11. The average molecular weight is 306 g/mol. The second-order valence-corrected chi connectivity index (χ2v) is 5.50. The van der Waals surface area contributed by atoms with Crippen LogP contribution in [0.3, 0.4) is 0 Å². The summed E-state index contributed by atoms with van der Waals surface area (Å²) >= 11 is 1.66. The summed E-state index contributed by atoms with van der Waals surface area (Å²) in [6.45, 7) is 7.31. The van der Waals surface area contributed by atoms with Gasteiger partial charge >= 0.3 is 0 Å². The molecule has 2 aromatic rings. The summed E-state index contributed by atoms with van der Waals surface area (Å²) in [4.78, 5) is 4.71. The fourth-order valence-electron chi connectivity index (χ4n) is 1.98. The molecule has 0 bridgehead atoms. The topological polar surface area (TPSA) is 43.4 Å². The highest BCUT2D eigenvalue weighted by Crippen LogP contribution is 2.35. The predicted molar refractivity (Wildman–Crippen MR) is 87.4 cm³/mol. The van der Waals surface area contributed by atoms with E-state index in [0.717, 1.165) is 27.8 Å². The van der Waals surface area contributed by atoms with E-state index in [9.17, 15) is 0 Å². The predicted octanol–water partition coefficient (Wildman–Crippen LogP) is 3.89. The van der Waals surface area contributed by atoms with Crippen LogP contribution in [0.1, 0.15) is 31.8 Å². The van der Waals surface area contributed by atoms with E-state index in [-0.39, 0.29) is 6.04 Å². The van der Waals surface area contributed by atoms with Gasteiger partial charge in [0.1, 0.15) is 16.5 Å². The van der Waals surface area contributed by atoms with Crippen LogP contribution in [0, 0.1) is 0 Å². The van der Waals surface area contributed by atoms with Crippen molar-refractivity contribution < 1.29 is 9.47 Å². The first kappa shape index (κ1) is 15.8. The summed E-state index contributed by atoms with van der Waals surface area (Å²) in [5.74, 6) is 1.64. The molecule has 0 fully saturated rings. The van der Waals surface area contributed by atoms with E-state index >= 15 is 0 Å². The quantitative estimate of drug-likeness (QED) is 0.843. The number of nitrogens with one attached hydrogen (secondary N) is 1. The Hall–Kier alpha value is -1.59. The Balaban J connectivity index is 2.35. The molecule has 1 heterocycles. The van der Waals surface area contributed by atoms with Crippen molar-refractivity contribution in [3.63, 3.8) is 0 Å². The summed E-state index contributed by atoms with van der Waals surface area (Å²) in [5, 5.41) is 6.35. The van der Waals surface area contributed by atoms with Gasteiger partial charge in [0.15, 0.2) is 0 Å². The first-order chi connectivity index (χ1) is 10.2. The van der Waals surface area contributed by atoms with Gasteiger partial charge in [-0.2, -0.15) is 0 Å². The molecule has 0 amide bonds. The molecule has 0 aliphatic carbocycles. The van der Waals surface area contributed by atoms with Crippen LogP contribution in [0.4, 0.5) is 0 Å². The zero-order chi connectivity index (χ0) is 15.2. The minimum atomic E-state index is 0.252. The minimum Gasteiger partial charge on any atom is -0.494 e. The third kappa shape index (κ3) is 3.74. The molecule has 0 radical (unpaired) electrons. The maximum absolute atomic E-state index is 5.74. The van der Waals surface area contributed by atoms with E-state index in [1.165, 1.54) is 0 Å². The van der Waals surface area contributed by atoms with Crippen molar-refractivity contribution in [2.75, 3.05) is 20.3 Å². The van der Waals surface area contributed by atoms with Gasteiger partial charge in [-0.1, -0.05) is 0 Å². The molecule has 0 saturated heterocycles. The number of thiazole rings is 1. The van der Waals surface area contributed by atoms with Crippen LogP contribution in [0.2, 0.25) is 0 Å². The third-order valence-electron chi connectivity index (χ3n) is 3.17. The molecule has 4 nitrogen and oxygen atoms in total. The highest BCUT2D eigenvalue weighted by molar-refractivity contribution is 7.10. The first-order valence-electron chi connectivity index (χ1n) is 7.22. The highest BCUT2D eigenvalue weighted by atomic mass is 32.1. The van der Waals surface area contributed by atoms with Crippen molar-refractivity contribution in [3.05, 3.63) is 28.6 Å². The number of hydrogen-bond donors (Lipinski definition) is 1. The first-order valence-corrected chi connectivity index (χ1v) is 8.10.